The fourth-order valence-electron chi connectivity index (χ4n) is 4.74. The van der Waals surface area contributed by atoms with Gasteiger partial charge < -0.3 is 29.4 Å². The number of fused-ring (bicyclic) bond motifs is 1. The molecule has 1 aromatic carbocycles. The number of nitrogens with one attached hydrogen (secondary N) is 2. The normalized spacial score (nSPS) is 20.0. The number of imidazole rings is 1. The van der Waals surface area contributed by atoms with E-state index in [1.165, 1.54) is 25.9 Å². The van der Waals surface area contributed by atoms with Gasteiger partial charge in [-0.1, -0.05) is 0 Å². The van der Waals surface area contributed by atoms with E-state index < -0.39 is 0 Å². The molecule has 4 heterocycles. The minimum atomic E-state index is -0.155. The molecule has 2 atom stereocenters. The van der Waals surface area contributed by atoms with Crippen molar-refractivity contribution in [3.63, 3.8) is 0 Å². The maximum absolute atomic E-state index is 11.7. The van der Waals surface area contributed by atoms with E-state index in [0.717, 1.165) is 35.1 Å². The highest BCUT2D eigenvalue weighted by molar-refractivity contribution is 5.85. The predicted octanol–water partition coefficient (Wildman–Crippen LogP) is 3.72. The first-order chi connectivity index (χ1) is 17.6. The number of nitrogens with zero attached hydrogens (tertiary/aromatic N) is 3. The Morgan fingerprint density at radius 3 is 2.47 bits per heavy atom. The Hall–Kier alpha value is -3.33. The van der Waals surface area contributed by atoms with Gasteiger partial charge in [0.1, 0.15) is 11.6 Å². The molecule has 3 aliphatic rings. The molecule has 1 amide bonds. The molecule has 1 aliphatic carbocycles. The highest BCUT2D eigenvalue weighted by Crippen LogP contribution is 2.41. The fourth-order valence-corrected chi connectivity index (χ4v) is 4.74. The van der Waals surface area contributed by atoms with Crippen molar-refractivity contribution >= 4 is 16.9 Å². The van der Waals surface area contributed by atoms with Crippen molar-refractivity contribution in [2.24, 2.45) is 5.92 Å². The van der Waals surface area contributed by atoms with Crippen LogP contribution >= 0.6 is 0 Å². The Balaban J connectivity index is 0.000000477. The first-order valence-corrected chi connectivity index (χ1v) is 12.8. The van der Waals surface area contributed by atoms with E-state index >= 15 is 0 Å². The number of aromatic nitrogens is 3. The number of ether oxygens (including phenoxy) is 3. The van der Waals surface area contributed by atoms with Crippen molar-refractivity contribution in [3.8, 4) is 28.6 Å². The molecule has 2 saturated heterocycles. The van der Waals surface area contributed by atoms with Crippen LogP contribution in [0.15, 0.2) is 30.6 Å². The van der Waals surface area contributed by atoms with E-state index in [9.17, 15) is 4.79 Å². The molecule has 6 rings (SSSR count). The first-order valence-electron chi connectivity index (χ1n) is 12.8. The molecule has 36 heavy (non-hydrogen) atoms. The van der Waals surface area contributed by atoms with Crippen molar-refractivity contribution < 1.29 is 19.0 Å². The summed E-state index contributed by atoms with van der Waals surface area (Å²) in [6, 6.07) is 8.14. The molecule has 1 unspecified atom stereocenters. The van der Waals surface area contributed by atoms with Gasteiger partial charge in [-0.05, 0) is 70.0 Å². The molecule has 1 saturated carbocycles. The summed E-state index contributed by atoms with van der Waals surface area (Å²) >= 11 is 0. The van der Waals surface area contributed by atoms with E-state index in [-0.39, 0.29) is 17.9 Å². The van der Waals surface area contributed by atoms with Crippen LogP contribution in [-0.4, -0.2) is 60.4 Å². The molecule has 2 aliphatic heterocycles. The zero-order valence-corrected chi connectivity index (χ0v) is 21.3. The highest BCUT2D eigenvalue weighted by Gasteiger charge is 2.31. The van der Waals surface area contributed by atoms with E-state index in [1.54, 1.807) is 14.2 Å². The van der Waals surface area contributed by atoms with Crippen LogP contribution in [0.3, 0.4) is 0 Å². The Bertz CT molecular complexity index is 1210. The van der Waals surface area contributed by atoms with Crippen LogP contribution in [-0.2, 0) is 4.79 Å². The van der Waals surface area contributed by atoms with Crippen LogP contribution in [0.1, 0.15) is 45.1 Å². The number of hydrogen-bond donors (Lipinski definition) is 2. The van der Waals surface area contributed by atoms with E-state index in [4.69, 9.17) is 19.2 Å². The van der Waals surface area contributed by atoms with Gasteiger partial charge in [-0.3, -0.25) is 4.79 Å². The Labute approximate surface area is 211 Å². The summed E-state index contributed by atoms with van der Waals surface area (Å²) in [5.74, 6) is 2.04. The van der Waals surface area contributed by atoms with Crippen LogP contribution < -0.4 is 24.8 Å². The summed E-state index contributed by atoms with van der Waals surface area (Å²) in [4.78, 5) is 21.2. The lowest BCUT2D eigenvalue weighted by Gasteiger charge is -2.20. The van der Waals surface area contributed by atoms with Crippen molar-refractivity contribution in [2.75, 3.05) is 33.9 Å². The minimum absolute atomic E-state index is 0.0701. The molecule has 9 nitrogen and oxygen atoms in total. The summed E-state index contributed by atoms with van der Waals surface area (Å²) in [6.07, 6.45) is 7.25. The third-order valence-electron chi connectivity index (χ3n) is 7.07. The lowest BCUT2D eigenvalue weighted by atomic mass is 10.0. The van der Waals surface area contributed by atoms with Gasteiger partial charge in [-0.15, -0.1) is 0 Å². The molecule has 2 aromatic heterocycles. The van der Waals surface area contributed by atoms with Crippen LogP contribution in [0.4, 0.5) is 0 Å². The second kappa shape index (κ2) is 10.7. The average molecular weight is 494 g/mol. The Kier molecular flexibility index (Phi) is 7.27. The summed E-state index contributed by atoms with van der Waals surface area (Å²) in [5, 5.41) is 6.11. The lowest BCUT2D eigenvalue weighted by Crippen LogP contribution is -2.26. The van der Waals surface area contributed by atoms with Crippen molar-refractivity contribution in [1.29, 1.82) is 0 Å². The summed E-state index contributed by atoms with van der Waals surface area (Å²) in [5.41, 5.74) is 3.39. The average Bonchev–Trinajstić information content (AvgIpc) is 3.28. The van der Waals surface area contributed by atoms with Gasteiger partial charge in [0.05, 0.1) is 31.8 Å². The molecule has 0 spiro atoms. The molecule has 0 radical (unpaired) electrons. The molecular weight excluding hydrogens is 458 g/mol. The van der Waals surface area contributed by atoms with Gasteiger partial charge in [-0.2, -0.15) is 0 Å². The molecule has 9 heteroatoms. The second-order valence-electron chi connectivity index (χ2n) is 9.68. The highest BCUT2D eigenvalue weighted by atomic mass is 16.5. The van der Waals surface area contributed by atoms with Crippen LogP contribution in [0.25, 0.3) is 22.3 Å². The third-order valence-corrected chi connectivity index (χ3v) is 7.07. The number of methoxy groups -OCH3 is 2. The molecule has 2 N–H and O–H groups in total. The maximum Gasteiger partial charge on any atom is 0.241 e. The van der Waals surface area contributed by atoms with Crippen LogP contribution in [0.5, 0.6) is 17.4 Å². The largest absolute Gasteiger partial charge is 0.493 e. The second-order valence-corrected chi connectivity index (χ2v) is 9.68. The Morgan fingerprint density at radius 1 is 1.08 bits per heavy atom. The maximum atomic E-state index is 11.7. The third kappa shape index (κ3) is 5.26. The summed E-state index contributed by atoms with van der Waals surface area (Å²) < 4.78 is 19.4. The Morgan fingerprint density at radius 2 is 1.86 bits per heavy atom. The van der Waals surface area contributed by atoms with Gasteiger partial charge >= 0.3 is 0 Å². The molecule has 3 aromatic rings. The molecule has 3 fully saturated rings. The first kappa shape index (κ1) is 24.4. The summed E-state index contributed by atoms with van der Waals surface area (Å²) in [6.45, 7) is 5.12. The number of carbonyl (C=O) groups excluding carboxylic acids is 1. The van der Waals surface area contributed by atoms with Crippen LogP contribution in [0, 0.1) is 5.92 Å². The molecule has 0 bridgehead atoms. The van der Waals surface area contributed by atoms with Gasteiger partial charge in [0.25, 0.3) is 0 Å². The van der Waals surface area contributed by atoms with Gasteiger partial charge in [0.15, 0.2) is 11.5 Å². The zero-order valence-electron chi connectivity index (χ0n) is 21.3. The van der Waals surface area contributed by atoms with Crippen molar-refractivity contribution in [2.45, 2.75) is 51.2 Å². The number of hydrogen-bond acceptors (Lipinski definition) is 7. The van der Waals surface area contributed by atoms with Gasteiger partial charge in [0.2, 0.25) is 11.8 Å². The monoisotopic (exact) mass is 493 g/mol. The van der Waals surface area contributed by atoms with Crippen LogP contribution in [0.2, 0.25) is 0 Å². The topological polar surface area (TPSA) is 99.5 Å². The number of rotatable bonds is 7. The minimum Gasteiger partial charge on any atom is -0.493 e. The number of benzene rings is 1. The number of amides is 1. The quantitative estimate of drug-likeness (QED) is 0.517. The van der Waals surface area contributed by atoms with Gasteiger partial charge in [-0.25, -0.2) is 9.97 Å². The standard InChI is InChI=1S/C23H26N4O4.C4H9N/c1-13(15-9-21(28)24-11-15)31-23-22-18(25-12-27(22)16-5-6-16)10-17(26-23)14-4-7-19(29-2)20(8-14)30-3;1-2-4-5-3-1/h4,7-8,10,12-13,15-16H,5-6,9,11H2,1-3H3,(H,24,28);5H,1-4H2/t13-,15?;/m1./s1. The van der Waals surface area contributed by atoms with E-state index in [1.807, 2.05) is 37.5 Å². The smallest absolute Gasteiger partial charge is 0.241 e. The fraction of sp³-hybridized carbons (Fsp3) is 0.519. The van der Waals surface area contributed by atoms with Crippen molar-refractivity contribution in [1.82, 2.24) is 25.2 Å². The predicted molar refractivity (Wildman–Crippen MR) is 138 cm³/mol. The van der Waals surface area contributed by atoms with E-state index in [2.05, 4.69) is 20.2 Å². The van der Waals surface area contributed by atoms with Crippen molar-refractivity contribution in [3.05, 3.63) is 30.6 Å². The van der Waals surface area contributed by atoms with Gasteiger partial charge in [0, 0.05) is 30.5 Å². The number of pyridine rings is 1. The summed E-state index contributed by atoms with van der Waals surface area (Å²) in [7, 11) is 3.23. The molecule has 192 valence electrons. The van der Waals surface area contributed by atoms with E-state index in [0.29, 0.717) is 36.4 Å². The number of carbonyl (C=O) groups is 1. The molecular formula is C27H35N5O4. The SMILES string of the molecule is C1CCNC1.COc1ccc(-c2cc3ncn(C4CC4)c3c(O[C@H](C)C3CNC(=O)C3)n2)cc1OC. The zero-order chi connectivity index (χ0) is 25.1. The lowest BCUT2D eigenvalue weighted by molar-refractivity contribution is -0.119.